The molecule has 138 valence electrons. The number of carbonyl (C=O) groups excluding carboxylic acids is 1. The van der Waals surface area contributed by atoms with E-state index in [-0.39, 0.29) is 18.6 Å². The van der Waals surface area contributed by atoms with E-state index >= 15 is 0 Å². The Labute approximate surface area is 152 Å². The smallest absolute Gasteiger partial charge is 0.258 e. The summed E-state index contributed by atoms with van der Waals surface area (Å²) >= 11 is 0. The predicted molar refractivity (Wildman–Crippen MR) is 95.1 cm³/mol. The lowest BCUT2D eigenvalue weighted by atomic mass is 10.1. The fraction of sp³-hybridized carbons (Fsp3) is 0.350. The molecule has 0 fully saturated rings. The number of halogens is 1. The number of carbonyl (C=O) groups is 1. The van der Waals surface area contributed by atoms with Crippen LogP contribution in [0.2, 0.25) is 0 Å². The summed E-state index contributed by atoms with van der Waals surface area (Å²) in [5.74, 6) is 1.19. The van der Waals surface area contributed by atoms with Gasteiger partial charge in [-0.3, -0.25) is 4.79 Å². The molecule has 2 aromatic carbocycles. The molecule has 0 spiro atoms. The number of ether oxygens (including phenoxy) is 3. The van der Waals surface area contributed by atoms with E-state index in [4.69, 9.17) is 14.2 Å². The van der Waals surface area contributed by atoms with Crippen molar-refractivity contribution in [2.24, 2.45) is 0 Å². The summed E-state index contributed by atoms with van der Waals surface area (Å²) in [6.07, 6.45) is 0.993. The Morgan fingerprint density at radius 2 is 2.15 bits per heavy atom. The third-order valence-electron chi connectivity index (χ3n) is 4.02. The number of rotatable bonds is 7. The molecular formula is C20H22FNO4. The monoisotopic (exact) mass is 359 g/mol. The minimum absolute atomic E-state index is 0.143. The van der Waals surface area contributed by atoms with E-state index in [1.807, 2.05) is 26.0 Å². The normalized spacial score (nSPS) is 15.1. The first kappa shape index (κ1) is 18.0. The van der Waals surface area contributed by atoms with Crippen molar-refractivity contribution in [2.75, 3.05) is 13.2 Å². The topological polar surface area (TPSA) is 56.8 Å². The predicted octanol–water partition coefficient (Wildman–Crippen LogP) is 3.24. The fourth-order valence-electron chi connectivity index (χ4n) is 2.86. The Morgan fingerprint density at radius 1 is 1.31 bits per heavy atom. The standard InChI is InChI=1S/C20H22FNO4/c1-3-24-18-8-14-7-13(2)26-19(14)9-15(18)11-22-20(23)12-25-17-6-4-5-16(21)10-17/h4-6,8-10,13H,3,7,11-12H2,1-2H3,(H,22,23)/t13-/m1/s1. The van der Waals surface area contributed by atoms with Crippen molar-refractivity contribution >= 4 is 5.91 Å². The highest BCUT2D eigenvalue weighted by Crippen LogP contribution is 2.35. The lowest BCUT2D eigenvalue weighted by Gasteiger charge is -2.13. The largest absolute Gasteiger partial charge is 0.494 e. The second-order valence-electron chi connectivity index (χ2n) is 6.16. The zero-order chi connectivity index (χ0) is 18.5. The molecular weight excluding hydrogens is 337 g/mol. The van der Waals surface area contributed by atoms with Gasteiger partial charge in [-0.05, 0) is 38.1 Å². The number of hydrogen-bond acceptors (Lipinski definition) is 4. The van der Waals surface area contributed by atoms with E-state index in [2.05, 4.69) is 5.32 Å². The van der Waals surface area contributed by atoms with Gasteiger partial charge in [-0.1, -0.05) is 6.07 Å². The van der Waals surface area contributed by atoms with Crippen molar-refractivity contribution in [3.8, 4) is 17.2 Å². The van der Waals surface area contributed by atoms with Crippen LogP contribution in [0.4, 0.5) is 4.39 Å². The maximum Gasteiger partial charge on any atom is 0.258 e. The second kappa shape index (κ2) is 8.08. The minimum atomic E-state index is -0.406. The third kappa shape index (κ3) is 4.45. The minimum Gasteiger partial charge on any atom is -0.494 e. The van der Waals surface area contributed by atoms with Gasteiger partial charge >= 0.3 is 0 Å². The molecule has 0 aromatic heterocycles. The van der Waals surface area contributed by atoms with Crippen LogP contribution in [0, 0.1) is 5.82 Å². The zero-order valence-corrected chi connectivity index (χ0v) is 14.9. The van der Waals surface area contributed by atoms with Gasteiger partial charge in [-0.2, -0.15) is 0 Å². The van der Waals surface area contributed by atoms with Crippen LogP contribution in [0.1, 0.15) is 25.0 Å². The van der Waals surface area contributed by atoms with E-state index in [9.17, 15) is 9.18 Å². The molecule has 1 N–H and O–H groups in total. The SMILES string of the molecule is CCOc1cc2c(cc1CNC(=O)COc1cccc(F)c1)O[C@H](C)C2. The summed E-state index contributed by atoms with van der Waals surface area (Å²) in [6.45, 7) is 4.59. The Bertz CT molecular complexity index is 793. The maximum absolute atomic E-state index is 13.1. The molecule has 0 aliphatic carbocycles. The number of nitrogens with one attached hydrogen (secondary N) is 1. The molecule has 0 saturated carbocycles. The van der Waals surface area contributed by atoms with Gasteiger partial charge in [0.15, 0.2) is 6.61 Å². The Balaban J connectivity index is 1.60. The first-order valence-electron chi connectivity index (χ1n) is 8.65. The van der Waals surface area contributed by atoms with Gasteiger partial charge in [-0.25, -0.2) is 4.39 Å². The summed E-state index contributed by atoms with van der Waals surface area (Å²) in [5.41, 5.74) is 1.96. The molecule has 1 atom stereocenters. The first-order chi connectivity index (χ1) is 12.5. The quantitative estimate of drug-likeness (QED) is 0.825. The molecule has 1 amide bonds. The summed E-state index contributed by atoms with van der Waals surface area (Å²) in [7, 11) is 0. The number of benzene rings is 2. The van der Waals surface area contributed by atoms with E-state index in [0.717, 1.165) is 29.0 Å². The molecule has 0 unspecified atom stereocenters. The molecule has 3 rings (SSSR count). The first-order valence-corrected chi connectivity index (χ1v) is 8.65. The molecule has 26 heavy (non-hydrogen) atoms. The molecule has 1 heterocycles. The Kier molecular flexibility index (Phi) is 5.61. The molecule has 0 radical (unpaired) electrons. The van der Waals surface area contributed by atoms with Gasteiger partial charge in [-0.15, -0.1) is 0 Å². The van der Waals surface area contributed by atoms with Gasteiger partial charge in [0.1, 0.15) is 29.2 Å². The Morgan fingerprint density at radius 3 is 2.92 bits per heavy atom. The van der Waals surface area contributed by atoms with Crippen molar-refractivity contribution in [3.63, 3.8) is 0 Å². The molecule has 6 heteroatoms. The highest BCUT2D eigenvalue weighted by molar-refractivity contribution is 5.77. The molecule has 5 nitrogen and oxygen atoms in total. The van der Waals surface area contributed by atoms with Gasteiger partial charge in [0.05, 0.1) is 6.61 Å². The molecule has 2 aromatic rings. The van der Waals surface area contributed by atoms with Crippen LogP contribution >= 0.6 is 0 Å². The van der Waals surface area contributed by atoms with E-state index < -0.39 is 5.82 Å². The summed E-state index contributed by atoms with van der Waals surface area (Å²) < 4.78 is 29.9. The van der Waals surface area contributed by atoms with Crippen LogP contribution in [-0.4, -0.2) is 25.2 Å². The van der Waals surface area contributed by atoms with Crippen LogP contribution in [0.3, 0.4) is 0 Å². The van der Waals surface area contributed by atoms with Crippen molar-refractivity contribution in [3.05, 3.63) is 53.3 Å². The van der Waals surface area contributed by atoms with Crippen molar-refractivity contribution in [2.45, 2.75) is 32.9 Å². The summed E-state index contributed by atoms with van der Waals surface area (Å²) in [5, 5.41) is 2.79. The molecule has 1 aliphatic rings. The number of amides is 1. The van der Waals surface area contributed by atoms with E-state index in [0.29, 0.717) is 18.9 Å². The van der Waals surface area contributed by atoms with Crippen molar-refractivity contribution in [1.29, 1.82) is 0 Å². The van der Waals surface area contributed by atoms with Crippen molar-refractivity contribution < 1.29 is 23.4 Å². The summed E-state index contributed by atoms with van der Waals surface area (Å²) in [6, 6.07) is 9.58. The molecule has 0 saturated heterocycles. The molecule has 1 aliphatic heterocycles. The highest BCUT2D eigenvalue weighted by atomic mass is 19.1. The van der Waals surface area contributed by atoms with E-state index in [1.54, 1.807) is 6.07 Å². The second-order valence-corrected chi connectivity index (χ2v) is 6.16. The van der Waals surface area contributed by atoms with Gasteiger partial charge in [0.2, 0.25) is 0 Å². The van der Waals surface area contributed by atoms with Gasteiger partial charge in [0, 0.05) is 30.2 Å². The van der Waals surface area contributed by atoms with Crippen LogP contribution in [-0.2, 0) is 17.8 Å². The van der Waals surface area contributed by atoms with Crippen LogP contribution < -0.4 is 19.5 Å². The average molecular weight is 359 g/mol. The average Bonchev–Trinajstić information content (AvgIpc) is 2.97. The maximum atomic E-state index is 13.1. The van der Waals surface area contributed by atoms with E-state index in [1.165, 1.54) is 18.2 Å². The van der Waals surface area contributed by atoms with Crippen molar-refractivity contribution in [1.82, 2.24) is 5.32 Å². The van der Waals surface area contributed by atoms with Gasteiger partial charge in [0.25, 0.3) is 5.91 Å². The molecule has 0 bridgehead atoms. The number of hydrogen-bond donors (Lipinski definition) is 1. The lowest BCUT2D eigenvalue weighted by Crippen LogP contribution is -2.28. The van der Waals surface area contributed by atoms with Crippen LogP contribution in [0.5, 0.6) is 17.2 Å². The Hall–Kier alpha value is -2.76. The van der Waals surface area contributed by atoms with Crippen LogP contribution in [0.15, 0.2) is 36.4 Å². The van der Waals surface area contributed by atoms with Crippen LogP contribution in [0.25, 0.3) is 0 Å². The summed E-state index contributed by atoms with van der Waals surface area (Å²) in [4.78, 5) is 12.0. The number of fused-ring (bicyclic) bond motifs is 1. The lowest BCUT2D eigenvalue weighted by molar-refractivity contribution is -0.123. The van der Waals surface area contributed by atoms with Gasteiger partial charge < -0.3 is 19.5 Å². The zero-order valence-electron chi connectivity index (χ0n) is 14.9. The highest BCUT2D eigenvalue weighted by Gasteiger charge is 2.22. The fourth-order valence-corrected chi connectivity index (χ4v) is 2.86. The third-order valence-corrected chi connectivity index (χ3v) is 4.02.